The van der Waals surface area contributed by atoms with Gasteiger partial charge in [-0.05, 0) is 31.2 Å². The molecule has 1 amide bonds. The lowest BCUT2D eigenvalue weighted by Crippen LogP contribution is -2.42. The van der Waals surface area contributed by atoms with E-state index in [1.54, 1.807) is 23.3 Å². The number of amides is 1. The van der Waals surface area contributed by atoms with E-state index in [1.165, 1.54) is 11.3 Å². The van der Waals surface area contributed by atoms with Crippen molar-refractivity contribution in [2.24, 2.45) is 5.92 Å². The number of hydrogen-bond donors (Lipinski definition) is 1. The molecule has 0 saturated carbocycles. The fraction of sp³-hybridized carbons (Fsp3) is 0.538. The van der Waals surface area contributed by atoms with Gasteiger partial charge in [0.25, 0.3) is 5.91 Å². The third-order valence-electron chi connectivity index (χ3n) is 3.41. The smallest absolute Gasteiger partial charge is 0.265 e. The van der Waals surface area contributed by atoms with Gasteiger partial charge in [0.05, 0.1) is 11.7 Å². The summed E-state index contributed by atoms with van der Waals surface area (Å²) in [6.45, 7) is 3.06. The summed E-state index contributed by atoms with van der Waals surface area (Å²) >= 11 is 1.31. The van der Waals surface area contributed by atoms with Crippen molar-refractivity contribution in [3.05, 3.63) is 21.9 Å². The van der Waals surface area contributed by atoms with Gasteiger partial charge < -0.3 is 10.0 Å². The van der Waals surface area contributed by atoms with E-state index in [2.05, 4.69) is 0 Å². The van der Waals surface area contributed by atoms with E-state index in [1.807, 2.05) is 6.07 Å². The van der Waals surface area contributed by atoms with Crippen molar-refractivity contribution in [1.82, 2.24) is 4.90 Å². The maximum atomic E-state index is 12.3. The number of nitrogens with zero attached hydrogens (tertiary/aromatic N) is 2. The van der Waals surface area contributed by atoms with Crippen molar-refractivity contribution in [2.45, 2.75) is 25.9 Å². The molecule has 2 unspecified atom stereocenters. The number of aliphatic hydroxyl groups excluding tert-OH is 1. The summed E-state index contributed by atoms with van der Waals surface area (Å²) in [7, 11) is 0. The van der Waals surface area contributed by atoms with Crippen LogP contribution in [0.5, 0.6) is 0 Å². The van der Waals surface area contributed by atoms with Gasteiger partial charge in [-0.3, -0.25) is 4.79 Å². The Morgan fingerprint density at radius 2 is 2.50 bits per heavy atom. The molecular formula is C13H16N2O2S. The molecule has 0 spiro atoms. The average molecular weight is 264 g/mol. The van der Waals surface area contributed by atoms with Gasteiger partial charge in [0.1, 0.15) is 10.9 Å². The minimum absolute atomic E-state index is 0.0769. The standard InChI is InChI=1S/C13H16N2O2S/c1-9(16)11-3-2-5-15(8-11)13(17)12-10(7-14)4-6-18-12/h4,6,9,11,16H,2-3,5,8H2,1H3. The second-order valence-electron chi connectivity index (χ2n) is 4.67. The summed E-state index contributed by atoms with van der Waals surface area (Å²) in [5.41, 5.74) is 0.448. The zero-order valence-corrected chi connectivity index (χ0v) is 11.1. The van der Waals surface area contributed by atoms with E-state index >= 15 is 0 Å². The minimum Gasteiger partial charge on any atom is -0.393 e. The van der Waals surface area contributed by atoms with Gasteiger partial charge in [0.15, 0.2) is 0 Å². The van der Waals surface area contributed by atoms with Gasteiger partial charge in [0, 0.05) is 19.0 Å². The van der Waals surface area contributed by atoms with Crippen LogP contribution in [0.25, 0.3) is 0 Å². The summed E-state index contributed by atoms with van der Waals surface area (Å²) in [5.74, 6) is 0.0695. The summed E-state index contributed by atoms with van der Waals surface area (Å²) < 4.78 is 0. The highest BCUT2D eigenvalue weighted by Gasteiger charge is 2.28. The van der Waals surface area contributed by atoms with Gasteiger partial charge in [-0.15, -0.1) is 11.3 Å². The molecule has 2 heterocycles. The first-order chi connectivity index (χ1) is 8.63. The lowest BCUT2D eigenvalue weighted by Gasteiger charge is -2.34. The van der Waals surface area contributed by atoms with Crippen molar-refractivity contribution < 1.29 is 9.90 Å². The van der Waals surface area contributed by atoms with E-state index in [-0.39, 0.29) is 17.9 Å². The summed E-state index contributed by atoms with van der Waals surface area (Å²) in [6, 6.07) is 3.72. The lowest BCUT2D eigenvalue weighted by molar-refractivity contribution is 0.0469. The molecule has 0 aromatic carbocycles. The largest absolute Gasteiger partial charge is 0.393 e. The van der Waals surface area contributed by atoms with Crippen molar-refractivity contribution >= 4 is 17.2 Å². The fourth-order valence-electron chi connectivity index (χ4n) is 2.29. The van der Waals surface area contributed by atoms with Crippen LogP contribution >= 0.6 is 11.3 Å². The lowest BCUT2D eigenvalue weighted by atomic mass is 9.93. The van der Waals surface area contributed by atoms with E-state index in [0.717, 1.165) is 12.8 Å². The molecule has 1 aliphatic rings. The second kappa shape index (κ2) is 5.51. The number of aliphatic hydroxyl groups is 1. The maximum absolute atomic E-state index is 12.3. The van der Waals surface area contributed by atoms with Gasteiger partial charge in [-0.1, -0.05) is 0 Å². The first kappa shape index (κ1) is 13.1. The van der Waals surface area contributed by atoms with Gasteiger partial charge in [-0.2, -0.15) is 5.26 Å². The van der Waals surface area contributed by atoms with E-state index in [4.69, 9.17) is 5.26 Å². The molecule has 0 bridgehead atoms. The third kappa shape index (κ3) is 2.55. The van der Waals surface area contributed by atoms with Gasteiger partial charge in [0.2, 0.25) is 0 Å². The Bertz CT molecular complexity index is 476. The Labute approximate surface area is 110 Å². The third-order valence-corrected chi connectivity index (χ3v) is 4.31. The van der Waals surface area contributed by atoms with Crippen LogP contribution in [0, 0.1) is 17.2 Å². The molecule has 5 heteroatoms. The number of carbonyl (C=O) groups is 1. The zero-order chi connectivity index (χ0) is 13.1. The molecule has 1 fully saturated rings. The molecule has 2 rings (SSSR count). The van der Waals surface area contributed by atoms with Crippen LogP contribution in [-0.4, -0.2) is 35.1 Å². The molecule has 1 aromatic heterocycles. The highest BCUT2D eigenvalue weighted by atomic mass is 32.1. The molecule has 96 valence electrons. The number of hydrogen-bond acceptors (Lipinski definition) is 4. The molecule has 0 aliphatic carbocycles. The molecule has 4 nitrogen and oxygen atoms in total. The van der Waals surface area contributed by atoms with E-state index in [9.17, 15) is 9.90 Å². The van der Waals surface area contributed by atoms with Crippen LogP contribution in [0.4, 0.5) is 0 Å². The Hall–Kier alpha value is -1.38. The fourth-order valence-corrected chi connectivity index (χ4v) is 3.11. The Kier molecular flexibility index (Phi) is 4.00. The quantitative estimate of drug-likeness (QED) is 0.886. The van der Waals surface area contributed by atoms with E-state index < -0.39 is 0 Å². The summed E-state index contributed by atoms with van der Waals surface area (Å²) in [4.78, 5) is 14.6. The Balaban J connectivity index is 2.12. The number of piperidine rings is 1. The van der Waals surface area contributed by atoms with Crippen molar-refractivity contribution in [3.63, 3.8) is 0 Å². The highest BCUT2D eigenvalue weighted by molar-refractivity contribution is 7.12. The van der Waals surface area contributed by atoms with Crippen LogP contribution in [-0.2, 0) is 0 Å². The number of carbonyl (C=O) groups excluding carboxylic acids is 1. The second-order valence-corrected chi connectivity index (χ2v) is 5.59. The van der Waals surface area contributed by atoms with Crippen molar-refractivity contribution in [3.8, 4) is 6.07 Å². The van der Waals surface area contributed by atoms with Crippen molar-refractivity contribution in [2.75, 3.05) is 13.1 Å². The monoisotopic (exact) mass is 264 g/mol. The van der Waals surface area contributed by atoms with Gasteiger partial charge in [-0.25, -0.2) is 0 Å². The minimum atomic E-state index is -0.389. The average Bonchev–Trinajstić information content (AvgIpc) is 2.86. The van der Waals surface area contributed by atoms with Crippen molar-refractivity contribution in [1.29, 1.82) is 5.26 Å². The van der Waals surface area contributed by atoms with Crippen LogP contribution in [0.1, 0.15) is 35.0 Å². The molecular weight excluding hydrogens is 248 g/mol. The molecule has 1 N–H and O–H groups in total. The van der Waals surface area contributed by atoms with Crippen LogP contribution in [0.2, 0.25) is 0 Å². The predicted octanol–water partition coefficient (Wildman–Crippen LogP) is 1.85. The number of likely N-dealkylation sites (tertiary alicyclic amines) is 1. The Morgan fingerprint density at radius 1 is 1.72 bits per heavy atom. The normalized spacial score (nSPS) is 21.4. The molecule has 1 aliphatic heterocycles. The number of nitriles is 1. The first-order valence-electron chi connectivity index (χ1n) is 6.08. The van der Waals surface area contributed by atoms with E-state index in [0.29, 0.717) is 23.5 Å². The highest BCUT2D eigenvalue weighted by Crippen LogP contribution is 2.24. The van der Waals surface area contributed by atoms with Crippen LogP contribution in [0.15, 0.2) is 11.4 Å². The molecule has 0 radical (unpaired) electrons. The zero-order valence-electron chi connectivity index (χ0n) is 10.3. The predicted molar refractivity (Wildman–Crippen MR) is 69.3 cm³/mol. The van der Waals surface area contributed by atoms with Gasteiger partial charge >= 0.3 is 0 Å². The summed E-state index contributed by atoms with van der Waals surface area (Å²) in [5, 5.41) is 20.3. The molecule has 18 heavy (non-hydrogen) atoms. The number of rotatable bonds is 2. The van der Waals surface area contributed by atoms with Crippen LogP contribution < -0.4 is 0 Å². The SMILES string of the molecule is CC(O)C1CCCN(C(=O)c2sccc2C#N)C1. The topological polar surface area (TPSA) is 64.3 Å². The first-order valence-corrected chi connectivity index (χ1v) is 6.96. The number of thiophene rings is 1. The summed E-state index contributed by atoms with van der Waals surface area (Å²) in [6.07, 6.45) is 1.48. The molecule has 1 saturated heterocycles. The van der Waals surface area contributed by atoms with Crippen LogP contribution in [0.3, 0.4) is 0 Å². The maximum Gasteiger partial charge on any atom is 0.265 e. The molecule has 2 atom stereocenters. The molecule has 1 aromatic rings. The Morgan fingerprint density at radius 3 is 3.17 bits per heavy atom.